The standard InChI is InChI=1S/C33H58N2O9/c1-5-8-10-12-14-16-20-41-31(38)22-34(23-32(39)42-21-17-15-13-11-9-6-2)24-33(40)44-26-29-19-18-28(35(29)27(4)36)25-43-30(37)7-3/h28-29H,5-26H2,1-4H3. The molecule has 2 atom stereocenters. The van der Waals surface area contributed by atoms with Gasteiger partial charge in [-0.3, -0.25) is 28.9 Å². The highest BCUT2D eigenvalue weighted by Gasteiger charge is 2.36. The molecule has 11 nitrogen and oxygen atoms in total. The molecule has 44 heavy (non-hydrogen) atoms. The van der Waals surface area contributed by atoms with Crippen molar-refractivity contribution < 1.29 is 42.9 Å². The molecule has 1 rings (SSSR count). The Kier molecular flexibility index (Phi) is 22.0. The lowest BCUT2D eigenvalue weighted by Crippen LogP contribution is -2.45. The molecule has 0 aromatic rings. The molecule has 1 saturated heterocycles. The van der Waals surface area contributed by atoms with Crippen molar-refractivity contribution >= 4 is 29.8 Å². The first-order valence-electron chi connectivity index (χ1n) is 16.8. The largest absolute Gasteiger partial charge is 0.465 e. The van der Waals surface area contributed by atoms with Gasteiger partial charge in [0.2, 0.25) is 5.91 Å². The molecule has 0 saturated carbocycles. The zero-order valence-corrected chi connectivity index (χ0v) is 27.8. The van der Waals surface area contributed by atoms with Crippen LogP contribution in [-0.4, -0.2) is 97.7 Å². The second-order valence-electron chi connectivity index (χ2n) is 11.7. The Morgan fingerprint density at radius 1 is 0.568 bits per heavy atom. The highest BCUT2D eigenvalue weighted by Crippen LogP contribution is 2.25. The summed E-state index contributed by atoms with van der Waals surface area (Å²) in [5, 5.41) is 0. The molecule has 0 aromatic carbocycles. The van der Waals surface area contributed by atoms with Crippen LogP contribution >= 0.6 is 0 Å². The van der Waals surface area contributed by atoms with E-state index in [0.717, 1.165) is 38.5 Å². The fourth-order valence-electron chi connectivity index (χ4n) is 5.27. The predicted octanol–water partition coefficient (Wildman–Crippen LogP) is 4.97. The van der Waals surface area contributed by atoms with E-state index in [1.165, 1.54) is 50.3 Å². The van der Waals surface area contributed by atoms with Crippen LogP contribution in [0.4, 0.5) is 0 Å². The van der Waals surface area contributed by atoms with Gasteiger partial charge in [-0.2, -0.15) is 0 Å². The topological polar surface area (TPSA) is 129 Å². The molecule has 1 aliphatic heterocycles. The maximum Gasteiger partial charge on any atom is 0.320 e. The monoisotopic (exact) mass is 626 g/mol. The summed E-state index contributed by atoms with van der Waals surface area (Å²) in [5.74, 6) is -2.18. The summed E-state index contributed by atoms with van der Waals surface area (Å²) in [7, 11) is 0. The molecule has 0 aromatic heterocycles. The molecule has 1 fully saturated rings. The number of unbranched alkanes of at least 4 members (excludes halogenated alkanes) is 10. The predicted molar refractivity (Wildman–Crippen MR) is 167 cm³/mol. The minimum Gasteiger partial charge on any atom is -0.465 e. The van der Waals surface area contributed by atoms with Gasteiger partial charge in [0.1, 0.15) is 13.2 Å². The molecule has 1 heterocycles. The molecule has 254 valence electrons. The number of amides is 1. The van der Waals surface area contributed by atoms with Crippen molar-refractivity contribution in [3.63, 3.8) is 0 Å². The average molecular weight is 627 g/mol. The van der Waals surface area contributed by atoms with E-state index in [1.54, 1.807) is 11.8 Å². The first kappa shape index (κ1) is 39.3. The lowest BCUT2D eigenvalue weighted by molar-refractivity contribution is -0.154. The molecule has 1 aliphatic rings. The Morgan fingerprint density at radius 2 is 0.955 bits per heavy atom. The minimum absolute atomic E-state index is 0.0323. The molecule has 11 heteroatoms. The third-order valence-electron chi connectivity index (χ3n) is 7.73. The van der Waals surface area contributed by atoms with Gasteiger partial charge in [0.15, 0.2) is 0 Å². The van der Waals surface area contributed by atoms with Gasteiger partial charge in [-0.15, -0.1) is 0 Å². The van der Waals surface area contributed by atoms with Crippen molar-refractivity contribution in [1.29, 1.82) is 0 Å². The van der Waals surface area contributed by atoms with Gasteiger partial charge in [-0.1, -0.05) is 85.0 Å². The third-order valence-corrected chi connectivity index (χ3v) is 7.73. The summed E-state index contributed by atoms with van der Waals surface area (Å²) in [5.41, 5.74) is 0. The van der Waals surface area contributed by atoms with Crippen LogP contribution in [0.2, 0.25) is 0 Å². The van der Waals surface area contributed by atoms with E-state index in [4.69, 9.17) is 18.9 Å². The van der Waals surface area contributed by atoms with Crippen LogP contribution in [0, 0.1) is 0 Å². The van der Waals surface area contributed by atoms with Crippen molar-refractivity contribution in [2.75, 3.05) is 46.1 Å². The second kappa shape index (κ2) is 24.6. The molecule has 2 unspecified atom stereocenters. The van der Waals surface area contributed by atoms with Crippen molar-refractivity contribution in [3.05, 3.63) is 0 Å². The number of hydrogen-bond donors (Lipinski definition) is 0. The summed E-state index contributed by atoms with van der Waals surface area (Å²) in [6.07, 6.45) is 14.2. The second-order valence-corrected chi connectivity index (χ2v) is 11.7. The summed E-state index contributed by atoms with van der Waals surface area (Å²) in [4.78, 5) is 64.8. The van der Waals surface area contributed by atoms with Crippen LogP contribution in [0.5, 0.6) is 0 Å². The van der Waals surface area contributed by atoms with Crippen LogP contribution in [-0.2, 0) is 42.9 Å². The molecule has 0 bridgehead atoms. The van der Waals surface area contributed by atoms with Crippen LogP contribution in [0.15, 0.2) is 0 Å². The number of carbonyl (C=O) groups is 5. The van der Waals surface area contributed by atoms with E-state index in [2.05, 4.69) is 13.8 Å². The van der Waals surface area contributed by atoms with E-state index in [-0.39, 0.29) is 63.2 Å². The third kappa shape index (κ3) is 18.2. The van der Waals surface area contributed by atoms with E-state index in [0.29, 0.717) is 26.1 Å². The first-order chi connectivity index (χ1) is 21.2. The van der Waals surface area contributed by atoms with Crippen LogP contribution < -0.4 is 0 Å². The lowest BCUT2D eigenvalue weighted by atomic mass is 10.1. The van der Waals surface area contributed by atoms with Crippen molar-refractivity contribution in [2.45, 2.75) is 136 Å². The van der Waals surface area contributed by atoms with Gasteiger partial charge in [-0.05, 0) is 25.7 Å². The van der Waals surface area contributed by atoms with E-state index >= 15 is 0 Å². The average Bonchev–Trinajstić information content (AvgIpc) is 3.41. The molecular weight excluding hydrogens is 568 g/mol. The van der Waals surface area contributed by atoms with Gasteiger partial charge in [0, 0.05) is 13.3 Å². The quantitative estimate of drug-likeness (QED) is 0.0778. The Labute approximate surface area is 264 Å². The number of rotatable bonds is 25. The Morgan fingerprint density at radius 3 is 1.36 bits per heavy atom. The van der Waals surface area contributed by atoms with Crippen LogP contribution in [0.25, 0.3) is 0 Å². The lowest BCUT2D eigenvalue weighted by Gasteiger charge is -2.29. The Hall–Kier alpha value is -2.69. The normalized spacial score (nSPS) is 16.2. The molecule has 1 amide bonds. The molecule has 0 spiro atoms. The summed E-state index contributed by atoms with van der Waals surface area (Å²) < 4.78 is 21.5. The number of hydrogen-bond acceptors (Lipinski definition) is 10. The van der Waals surface area contributed by atoms with Gasteiger partial charge in [-0.25, -0.2) is 0 Å². The summed E-state index contributed by atoms with van der Waals surface area (Å²) in [6.45, 7) is 7.33. The first-order valence-corrected chi connectivity index (χ1v) is 16.8. The number of esters is 4. The fourth-order valence-corrected chi connectivity index (χ4v) is 5.27. The number of carbonyl (C=O) groups excluding carboxylic acids is 5. The minimum atomic E-state index is -0.623. The SMILES string of the molecule is CCCCCCCCOC(=O)CN(CC(=O)OCCCCCCCC)CC(=O)OCC1CCC(COC(=O)CC)N1C(C)=O. The maximum absolute atomic E-state index is 12.8. The zero-order valence-electron chi connectivity index (χ0n) is 27.8. The molecule has 0 aliphatic carbocycles. The number of likely N-dealkylation sites (tertiary alicyclic amines) is 1. The number of ether oxygens (including phenoxy) is 4. The van der Waals surface area contributed by atoms with E-state index in [9.17, 15) is 24.0 Å². The van der Waals surface area contributed by atoms with Crippen LogP contribution in [0.3, 0.4) is 0 Å². The Balaban J connectivity index is 2.62. The van der Waals surface area contributed by atoms with Gasteiger partial charge >= 0.3 is 23.9 Å². The van der Waals surface area contributed by atoms with E-state index < -0.39 is 17.9 Å². The summed E-state index contributed by atoms with van der Waals surface area (Å²) >= 11 is 0. The number of nitrogens with zero attached hydrogens (tertiary/aromatic N) is 2. The molecule has 0 N–H and O–H groups in total. The van der Waals surface area contributed by atoms with Gasteiger partial charge < -0.3 is 23.8 Å². The zero-order chi connectivity index (χ0) is 32.6. The maximum atomic E-state index is 12.8. The fraction of sp³-hybridized carbons (Fsp3) is 0.848. The molecular formula is C33H58N2O9. The van der Waals surface area contributed by atoms with Crippen molar-refractivity contribution in [3.8, 4) is 0 Å². The molecule has 0 radical (unpaired) electrons. The van der Waals surface area contributed by atoms with Gasteiger partial charge in [0.05, 0.1) is 44.9 Å². The summed E-state index contributed by atoms with van der Waals surface area (Å²) in [6, 6.07) is -0.620. The highest BCUT2D eigenvalue weighted by molar-refractivity contribution is 5.78. The highest BCUT2D eigenvalue weighted by atomic mass is 16.5. The van der Waals surface area contributed by atoms with Crippen LogP contribution in [0.1, 0.15) is 124 Å². The van der Waals surface area contributed by atoms with Crippen molar-refractivity contribution in [2.24, 2.45) is 0 Å². The van der Waals surface area contributed by atoms with Crippen molar-refractivity contribution in [1.82, 2.24) is 9.80 Å². The smallest absolute Gasteiger partial charge is 0.320 e. The Bertz CT molecular complexity index is 819. The van der Waals surface area contributed by atoms with Gasteiger partial charge in [0.25, 0.3) is 0 Å². The van der Waals surface area contributed by atoms with E-state index in [1.807, 2.05) is 0 Å².